The first kappa shape index (κ1) is 15.6. The van der Waals surface area contributed by atoms with Crippen LogP contribution in [0.4, 0.5) is 0 Å². The SMILES string of the molecule is COc1cccc(C(=O)NCCNC(=O)c2cc(C)[nH]n2)c1. The van der Waals surface area contributed by atoms with Crippen molar-refractivity contribution in [3.8, 4) is 5.75 Å². The number of ether oxygens (including phenoxy) is 1. The average Bonchev–Trinajstić information content (AvgIpc) is 2.97. The predicted octanol–water partition coefficient (Wildman–Crippen LogP) is 0.887. The zero-order chi connectivity index (χ0) is 15.9. The first-order valence-electron chi connectivity index (χ1n) is 6.82. The average molecular weight is 302 g/mol. The molecule has 22 heavy (non-hydrogen) atoms. The van der Waals surface area contributed by atoms with Gasteiger partial charge in [0.2, 0.25) is 0 Å². The van der Waals surface area contributed by atoms with Crippen molar-refractivity contribution in [2.45, 2.75) is 6.92 Å². The maximum atomic E-state index is 11.9. The molecule has 0 spiro atoms. The monoisotopic (exact) mass is 302 g/mol. The Hall–Kier alpha value is -2.83. The predicted molar refractivity (Wildman–Crippen MR) is 81.0 cm³/mol. The Labute approximate surface area is 128 Å². The van der Waals surface area contributed by atoms with Crippen molar-refractivity contribution in [1.29, 1.82) is 0 Å². The topological polar surface area (TPSA) is 96.1 Å². The molecule has 7 nitrogen and oxygen atoms in total. The molecule has 0 aliphatic heterocycles. The number of rotatable bonds is 6. The van der Waals surface area contributed by atoms with E-state index in [0.717, 1.165) is 5.69 Å². The van der Waals surface area contributed by atoms with Gasteiger partial charge in [-0.1, -0.05) is 6.07 Å². The third kappa shape index (κ3) is 4.08. The van der Waals surface area contributed by atoms with Gasteiger partial charge in [-0.25, -0.2) is 0 Å². The van der Waals surface area contributed by atoms with Crippen molar-refractivity contribution in [3.63, 3.8) is 0 Å². The van der Waals surface area contributed by atoms with E-state index in [9.17, 15) is 9.59 Å². The largest absolute Gasteiger partial charge is 0.497 e. The van der Waals surface area contributed by atoms with E-state index < -0.39 is 0 Å². The Bertz CT molecular complexity index is 666. The normalized spacial score (nSPS) is 10.1. The smallest absolute Gasteiger partial charge is 0.271 e. The fourth-order valence-electron chi connectivity index (χ4n) is 1.84. The van der Waals surface area contributed by atoms with Crippen molar-refractivity contribution in [2.75, 3.05) is 20.2 Å². The van der Waals surface area contributed by atoms with Crippen molar-refractivity contribution in [1.82, 2.24) is 20.8 Å². The van der Waals surface area contributed by atoms with Gasteiger partial charge in [0.1, 0.15) is 11.4 Å². The lowest BCUT2D eigenvalue weighted by Gasteiger charge is -2.07. The number of hydrogen-bond donors (Lipinski definition) is 3. The molecular formula is C15H18N4O3. The number of aromatic amines is 1. The summed E-state index contributed by atoms with van der Waals surface area (Å²) in [7, 11) is 1.54. The van der Waals surface area contributed by atoms with E-state index >= 15 is 0 Å². The first-order chi connectivity index (χ1) is 10.6. The fourth-order valence-corrected chi connectivity index (χ4v) is 1.84. The fraction of sp³-hybridized carbons (Fsp3) is 0.267. The number of aryl methyl sites for hydroxylation is 1. The summed E-state index contributed by atoms with van der Waals surface area (Å²) in [6.45, 7) is 2.46. The molecule has 116 valence electrons. The van der Waals surface area contributed by atoms with Crippen LogP contribution in [0.5, 0.6) is 5.75 Å². The molecule has 0 aliphatic carbocycles. The van der Waals surface area contributed by atoms with Crippen LogP contribution in [0.25, 0.3) is 0 Å². The van der Waals surface area contributed by atoms with Gasteiger partial charge in [0.15, 0.2) is 0 Å². The van der Waals surface area contributed by atoms with E-state index in [2.05, 4.69) is 20.8 Å². The highest BCUT2D eigenvalue weighted by Gasteiger charge is 2.09. The minimum Gasteiger partial charge on any atom is -0.497 e. The Morgan fingerprint density at radius 2 is 1.91 bits per heavy atom. The zero-order valence-electron chi connectivity index (χ0n) is 12.5. The second kappa shape index (κ2) is 7.26. The maximum Gasteiger partial charge on any atom is 0.271 e. The van der Waals surface area contributed by atoms with Crippen LogP contribution < -0.4 is 15.4 Å². The maximum absolute atomic E-state index is 11.9. The quantitative estimate of drug-likeness (QED) is 0.690. The van der Waals surface area contributed by atoms with E-state index in [4.69, 9.17) is 4.74 Å². The summed E-state index contributed by atoms with van der Waals surface area (Å²) >= 11 is 0. The Kier molecular flexibility index (Phi) is 5.13. The third-order valence-corrected chi connectivity index (χ3v) is 2.97. The molecule has 2 aromatic rings. The number of hydrogen-bond acceptors (Lipinski definition) is 4. The van der Waals surface area contributed by atoms with Gasteiger partial charge in [-0.05, 0) is 31.2 Å². The molecule has 0 bridgehead atoms. The molecule has 0 saturated carbocycles. The highest BCUT2D eigenvalue weighted by atomic mass is 16.5. The lowest BCUT2D eigenvalue weighted by molar-refractivity contribution is 0.0925. The summed E-state index contributed by atoms with van der Waals surface area (Å²) in [5, 5.41) is 12.0. The molecule has 1 heterocycles. The Morgan fingerprint density at radius 1 is 1.18 bits per heavy atom. The second-order valence-electron chi connectivity index (χ2n) is 4.68. The number of H-pyrrole nitrogens is 1. The molecule has 7 heteroatoms. The van der Waals surface area contributed by atoms with Gasteiger partial charge in [-0.15, -0.1) is 0 Å². The lowest BCUT2D eigenvalue weighted by atomic mass is 10.2. The summed E-state index contributed by atoms with van der Waals surface area (Å²) in [5.41, 5.74) is 1.65. The molecule has 2 amide bonds. The molecule has 2 rings (SSSR count). The number of carbonyl (C=O) groups excluding carboxylic acids is 2. The summed E-state index contributed by atoms with van der Waals surface area (Å²) in [4.78, 5) is 23.7. The van der Waals surface area contributed by atoms with Crippen LogP contribution in [0.3, 0.4) is 0 Å². The second-order valence-corrected chi connectivity index (χ2v) is 4.68. The van der Waals surface area contributed by atoms with Crippen molar-refractivity contribution < 1.29 is 14.3 Å². The number of benzene rings is 1. The van der Waals surface area contributed by atoms with Gasteiger partial charge < -0.3 is 15.4 Å². The van der Waals surface area contributed by atoms with Crippen LogP contribution >= 0.6 is 0 Å². The van der Waals surface area contributed by atoms with Crippen LogP contribution in [0, 0.1) is 6.92 Å². The van der Waals surface area contributed by atoms with Gasteiger partial charge in [-0.3, -0.25) is 14.7 Å². The van der Waals surface area contributed by atoms with Crippen LogP contribution in [0.2, 0.25) is 0 Å². The van der Waals surface area contributed by atoms with Gasteiger partial charge >= 0.3 is 0 Å². The van der Waals surface area contributed by atoms with Gasteiger partial charge in [-0.2, -0.15) is 5.10 Å². The molecule has 1 aromatic heterocycles. The van der Waals surface area contributed by atoms with Crippen molar-refractivity contribution in [3.05, 3.63) is 47.3 Å². The van der Waals surface area contributed by atoms with Gasteiger partial charge in [0.25, 0.3) is 11.8 Å². The van der Waals surface area contributed by atoms with Gasteiger partial charge in [0.05, 0.1) is 7.11 Å². The number of carbonyl (C=O) groups is 2. The minimum atomic E-state index is -0.278. The molecular weight excluding hydrogens is 284 g/mol. The number of nitrogens with one attached hydrogen (secondary N) is 3. The number of amides is 2. The molecule has 0 aliphatic rings. The zero-order valence-corrected chi connectivity index (χ0v) is 12.5. The highest BCUT2D eigenvalue weighted by molar-refractivity contribution is 5.94. The number of methoxy groups -OCH3 is 1. The van der Waals surface area contributed by atoms with E-state index in [1.807, 2.05) is 6.92 Å². The van der Waals surface area contributed by atoms with E-state index in [0.29, 0.717) is 30.1 Å². The first-order valence-corrected chi connectivity index (χ1v) is 6.82. The molecule has 0 radical (unpaired) electrons. The Balaban J connectivity index is 1.76. The third-order valence-electron chi connectivity index (χ3n) is 2.97. The Morgan fingerprint density at radius 3 is 2.55 bits per heavy atom. The van der Waals surface area contributed by atoms with E-state index in [1.165, 1.54) is 0 Å². The van der Waals surface area contributed by atoms with Crippen LogP contribution in [0.15, 0.2) is 30.3 Å². The lowest BCUT2D eigenvalue weighted by Crippen LogP contribution is -2.34. The number of aromatic nitrogens is 2. The van der Waals surface area contributed by atoms with Crippen LogP contribution in [-0.2, 0) is 0 Å². The molecule has 0 saturated heterocycles. The van der Waals surface area contributed by atoms with Crippen LogP contribution in [-0.4, -0.2) is 42.2 Å². The highest BCUT2D eigenvalue weighted by Crippen LogP contribution is 2.12. The van der Waals surface area contributed by atoms with Crippen LogP contribution in [0.1, 0.15) is 26.5 Å². The summed E-state index contributed by atoms with van der Waals surface area (Å²) in [6, 6.07) is 8.52. The van der Waals surface area contributed by atoms with Gasteiger partial charge in [0, 0.05) is 24.3 Å². The molecule has 0 fully saturated rings. The summed E-state index contributed by atoms with van der Waals surface area (Å²) in [5.74, 6) is 0.124. The number of nitrogens with zero attached hydrogens (tertiary/aromatic N) is 1. The summed E-state index contributed by atoms with van der Waals surface area (Å²) in [6.07, 6.45) is 0. The van der Waals surface area contributed by atoms with E-state index in [-0.39, 0.29) is 11.8 Å². The van der Waals surface area contributed by atoms with Crippen molar-refractivity contribution >= 4 is 11.8 Å². The molecule has 3 N–H and O–H groups in total. The standard InChI is InChI=1S/C15H18N4O3/c1-10-8-13(19-18-10)15(21)17-7-6-16-14(20)11-4-3-5-12(9-11)22-2/h3-5,8-9H,6-7H2,1-2H3,(H,16,20)(H,17,21)(H,18,19). The molecule has 0 atom stereocenters. The minimum absolute atomic E-state index is 0.219. The van der Waals surface area contributed by atoms with E-state index in [1.54, 1.807) is 37.4 Å². The summed E-state index contributed by atoms with van der Waals surface area (Å²) < 4.78 is 5.07. The molecule has 1 aromatic carbocycles. The van der Waals surface area contributed by atoms with Crippen molar-refractivity contribution in [2.24, 2.45) is 0 Å². The molecule has 0 unspecified atom stereocenters.